The van der Waals surface area contributed by atoms with Crippen LogP contribution >= 0.6 is 7.37 Å². The zero-order valence-corrected chi connectivity index (χ0v) is 24.7. The Morgan fingerprint density at radius 3 is 2.10 bits per heavy atom. The molecule has 3 aromatic carbocycles. The van der Waals surface area contributed by atoms with Gasteiger partial charge in [0.15, 0.2) is 0 Å². The Morgan fingerprint density at radius 1 is 0.875 bits per heavy atom. The van der Waals surface area contributed by atoms with Gasteiger partial charge in [0.1, 0.15) is 11.8 Å². The number of carbonyl (C=O) groups excluding carboxylic acids is 2. The second-order valence-electron chi connectivity index (χ2n) is 10.7. The van der Waals surface area contributed by atoms with Gasteiger partial charge in [-0.15, -0.1) is 0 Å². The van der Waals surface area contributed by atoms with E-state index in [-0.39, 0.29) is 30.6 Å². The van der Waals surface area contributed by atoms with Gasteiger partial charge in [0, 0.05) is 31.7 Å². The Labute approximate surface area is 237 Å². The fourth-order valence-electron chi connectivity index (χ4n) is 4.89. The van der Waals surface area contributed by atoms with Crippen molar-refractivity contribution in [1.29, 1.82) is 0 Å². The van der Waals surface area contributed by atoms with Crippen molar-refractivity contribution >= 4 is 19.2 Å². The van der Waals surface area contributed by atoms with Crippen LogP contribution in [0.4, 0.5) is 0 Å². The standard InChI is InChI=1S/C32H41N2O5P/c1-23(2)18-28(31(35)34-29(32(36)33-3)20-27-12-8-9-13-30(27)39-4)22-40(37,38)21-26-16-14-25(15-17-26)19-24-10-6-5-7-11-24/h5-17,23,28-29H,18-22H2,1-4H3,(H,33,36)(H,34,35)(H,37,38). The van der Waals surface area contributed by atoms with Crippen LogP contribution in [0.2, 0.25) is 0 Å². The minimum Gasteiger partial charge on any atom is -0.496 e. The molecule has 40 heavy (non-hydrogen) atoms. The highest BCUT2D eigenvalue weighted by molar-refractivity contribution is 7.57. The largest absolute Gasteiger partial charge is 0.496 e. The van der Waals surface area contributed by atoms with Gasteiger partial charge in [-0.25, -0.2) is 0 Å². The summed E-state index contributed by atoms with van der Waals surface area (Å²) < 4.78 is 18.8. The minimum atomic E-state index is -3.70. The van der Waals surface area contributed by atoms with Gasteiger partial charge in [0.25, 0.3) is 0 Å². The minimum absolute atomic E-state index is 0.0133. The van der Waals surface area contributed by atoms with Crippen molar-refractivity contribution in [3.63, 3.8) is 0 Å². The van der Waals surface area contributed by atoms with E-state index in [0.717, 1.165) is 23.1 Å². The van der Waals surface area contributed by atoms with E-state index in [4.69, 9.17) is 4.74 Å². The second-order valence-corrected chi connectivity index (χ2v) is 13.1. The number of methoxy groups -OCH3 is 1. The van der Waals surface area contributed by atoms with Crippen molar-refractivity contribution in [3.05, 3.63) is 101 Å². The van der Waals surface area contributed by atoms with E-state index in [0.29, 0.717) is 12.2 Å². The molecular weight excluding hydrogens is 523 g/mol. The van der Waals surface area contributed by atoms with Crippen LogP contribution < -0.4 is 15.4 Å². The lowest BCUT2D eigenvalue weighted by Gasteiger charge is -2.25. The van der Waals surface area contributed by atoms with E-state index >= 15 is 0 Å². The van der Waals surface area contributed by atoms with Gasteiger partial charge in [0.2, 0.25) is 19.2 Å². The molecule has 3 aromatic rings. The molecule has 0 fully saturated rings. The van der Waals surface area contributed by atoms with Crippen LogP contribution in [0.25, 0.3) is 0 Å². The first-order valence-corrected chi connectivity index (χ1v) is 15.7. The van der Waals surface area contributed by atoms with Crippen LogP contribution in [-0.2, 0) is 33.2 Å². The molecular formula is C32H41N2O5P. The van der Waals surface area contributed by atoms with Crippen LogP contribution in [0, 0.1) is 11.8 Å². The highest BCUT2D eigenvalue weighted by Crippen LogP contribution is 2.47. The molecule has 0 heterocycles. The molecule has 0 aliphatic rings. The smallest absolute Gasteiger partial charge is 0.242 e. The highest BCUT2D eigenvalue weighted by Gasteiger charge is 2.32. The fourth-order valence-corrected chi connectivity index (χ4v) is 6.80. The van der Waals surface area contributed by atoms with E-state index in [9.17, 15) is 19.0 Å². The van der Waals surface area contributed by atoms with Gasteiger partial charge >= 0.3 is 0 Å². The van der Waals surface area contributed by atoms with Crippen LogP contribution in [-0.4, -0.2) is 43.1 Å². The predicted molar refractivity (Wildman–Crippen MR) is 160 cm³/mol. The van der Waals surface area contributed by atoms with Gasteiger partial charge in [0.05, 0.1) is 7.11 Å². The van der Waals surface area contributed by atoms with Crippen molar-refractivity contribution in [2.45, 2.75) is 45.3 Å². The maximum absolute atomic E-state index is 13.4. The summed E-state index contributed by atoms with van der Waals surface area (Å²) >= 11 is 0. The third-order valence-corrected chi connectivity index (χ3v) is 8.70. The van der Waals surface area contributed by atoms with Crippen LogP contribution in [0.3, 0.4) is 0 Å². The number of hydrogen-bond donors (Lipinski definition) is 3. The summed E-state index contributed by atoms with van der Waals surface area (Å²) in [4.78, 5) is 37.1. The Morgan fingerprint density at radius 2 is 1.48 bits per heavy atom. The van der Waals surface area contributed by atoms with Crippen molar-refractivity contribution in [3.8, 4) is 5.75 Å². The van der Waals surface area contributed by atoms with Crippen molar-refractivity contribution < 1.29 is 23.8 Å². The molecule has 7 nitrogen and oxygen atoms in total. The van der Waals surface area contributed by atoms with Crippen molar-refractivity contribution in [2.75, 3.05) is 20.3 Å². The number of rotatable bonds is 14. The Kier molecular flexibility index (Phi) is 11.5. The topological polar surface area (TPSA) is 105 Å². The zero-order chi connectivity index (χ0) is 29.1. The number of para-hydroxylation sites is 1. The molecule has 3 unspecified atom stereocenters. The third kappa shape index (κ3) is 9.65. The zero-order valence-electron chi connectivity index (χ0n) is 23.8. The quantitative estimate of drug-likeness (QED) is 0.234. The molecule has 0 aliphatic heterocycles. The highest BCUT2D eigenvalue weighted by atomic mass is 31.2. The summed E-state index contributed by atoms with van der Waals surface area (Å²) in [5.41, 5.74) is 3.86. The van der Waals surface area contributed by atoms with Gasteiger partial charge in [-0.3, -0.25) is 14.2 Å². The molecule has 0 saturated carbocycles. The first-order valence-electron chi connectivity index (χ1n) is 13.7. The number of benzene rings is 3. The number of hydrogen-bond acceptors (Lipinski definition) is 4. The molecule has 2 amide bonds. The summed E-state index contributed by atoms with van der Waals surface area (Å²) in [5, 5.41) is 5.46. The number of likely N-dealkylation sites (N-methyl/N-ethyl adjacent to an activating group) is 1. The SMILES string of the molecule is CNC(=O)C(Cc1ccccc1OC)NC(=O)C(CC(C)C)CP(=O)(O)Cc1ccc(Cc2ccccc2)cc1. The van der Waals surface area contributed by atoms with Crippen LogP contribution in [0.5, 0.6) is 5.75 Å². The summed E-state index contributed by atoms with van der Waals surface area (Å²) in [6, 6.07) is 24.3. The maximum atomic E-state index is 13.4. The average Bonchev–Trinajstić information content (AvgIpc) is 2.93. The Balaban J connectivity index is 1.70. The summed E-state index contributed by atoms with van der Waals surface area (Å²) in [6.07, 6.45) is 1.28. The van der Waals surface area contributed by atoms with Crippen LogP contribution in [0.1, 0.15) is 42.5 Å². The lowest BCUT2D eigenvalue weighted by atomic mass is 9.97. The number of ether oxygens (including phenoxy) is 1. The van der Waals surface area contributed by atoms with Gasteiger partial charge < -0.3 is 20.3 Å². The third-order valence-electron chi connectivity index (χ3n) is 6.83. The molecule has 214 valence electrons. The molecule has 0 saturated heterocycles. The Hall–Kier alpha value is -3.41. The lowest BCUT2D eigenvalue weighted by Crippen LogP contribution is -2.49. The van der Waals surface area contributed by atoms with E-state index in [1.54, 1.807) is 13.2 Å². The monoisotopic (exact) mass is 564 g/mol. The number of amides is 2. The van der Waals surface area contributed by atoms with Gasteiger partial charge in [-0.2, -0.15) is 0 Å². The van der Waals surface area contributed by atoms with E-state index in [2.05, 4.69) is 22.8 Å². The summed E-state index contributed by atoms with van der Waals surface area (Å²) in [6.45, 7) is 3.94. The first-order chi connectivity index (χ1) is 19.1. The molecule has 0 bridgehead atoms. The Bertz CT molecular complexity index is 1290. The first kappa shape index (κ1) is 31.1. The van der Waals surface area contributed by atoms with Crippen molar-refractivity contribution in [1.82, 2.24) is 10.6 Å². The molecule has 0 aliphatic carbocycles. The summed E-state index contributed by atoms with van der Waals surface area (Å²) in [5.74, 6) is -0.701. The second kappa shape index (κ2) is 14.8. The molecule has 3 rings (SSSR count). The molecule has 0 spiro atoms. The van der Waals surface area contributed by atoms with E-state index < -0.39 is 25.2 Å². The number of nitrogens with one attached hydrogen (secondary N) is 2. The maximum Gasteiger partial charge on any atom is 0.242 e. The summed E-state index contributed by atoms with van der Waals surface area (Å²) in [7, 11) is -0.625. The molecule has 0 radical (unpaired) electrons. The van der Waals surface area contributed by atoms with E-state index in [1.165, 1.54) is 12.6 Å². The normalized spacial score (nSPS) is 14.2. The van der Waals surface area contributed by atoms with E-state index in [1.807, 2.05) is 74.5 Å². The predicted octanol–water partition coefficient (Wildman–Crippen LogP) is 5.19. The van der Waals surface area contributed by atoms with Gasteiger partial charge in [-0.1, -0.05) is 86.6 Å². The molecule has 3 atom stereocenters. The average molecular weight is 565 g/mol. The fraction of sp³-hybridized carbons (Fsp3) is 0.375. The van der Waals surface area contributed by atoms with Crippen LogP contribution in [0.15, 0.2) is 78.9 Å². The number of carbonyl (C=O) groups is 2. The van der Waals surface area contributed by atoms with Gasteiger partial charge in [-0.05, 0) is 47.1 Å². The lowest BCUT2D eigenvalue weighted by molar-refractivity contribution is -0.130. The molecule has 0 aromatic heterocycles. The molecule has 3 N–H and O–H groups in total. The molecule has 8 heteroatoms. The van der Waals surface area contributed by atoms with Crippen molar-refractivity contribution in [2.24, 2.45) is 11.8 Å².